The summed E-state index contributed by atoms with van der Waals surface area (Å²) in [6.45, 7) is 16.4. The average Bonchev–Trinajstić information content (AvgIpc) is 2.79. The first kappa shape index (κ1) is 34.3. The molecule has 1 aliphatic rings. The smallest absolute Gasteiger partial charge is 0.463 e. The standard InChI is InChI=1S/C24H30F3N3O5S.C4H10O/c1-15(2)34-21(31)12-18-16(3)28-14-19(22(18)30-10-8-23(4,5)9-11-30)20-7-6-17(13-29-20)35-36(32,33)24(25,26)27;1-4(2,3)5/h6-7,13-15H,8-12H2,1-5H3;5H,1-3H3. The van der Waals surface area contributed by atoms with E-state index < -0.39 is 32.9 Å². The van der Waals surface area contributed by atoms with Crippen molar-refractivity contribution >= 4 is 21.8 Å². The lowest BCUT2D eigenvalue weighted by Gasteiger charge is -2.40. The van der Waals surface area contributed by atoms with Gasteiger partial charge in [0.05, 0.1) is 35.7 Å². The Morgan fingerprint density at radius 1 is 1.10 bits per heavy atom. The highest BCUT2D eigenvalue weighted by molar-refractivity contribution is 7.88. The van der Waals surface area contributed by atoms with Gasteiger partial charge in [-0.05, 0) is 71.9 Å². The first-order valence-electron chi connectivity index (χ1n) is 13.2. The molecule has 2 aromatic rings. The van der Waals surface area contributed by atoms with Crippen molar-refractivity contribution in [3.05, 3.63) is 35.8 Å². The lowest BCUT2D eigenvalue weighted by Crippen LogP contribution is -2.38. The number of pyridine rings is 2. The Hall–Kier alpha value is -2.93. The number of hydrogen-bond acceptors (Lipinski definition) is 9. The normalized spacial score (nSPS) is 15.7. The van der Waals surface area contributed by atoms with Crippen molar-refractivity contribution in [3.63, 3.8) is 0 Å². The molecule has 0 spiro atoms. The Morgan fingerprint density at radius 3 is 2.12 bits per heavy atom. The molecule has 0 bridgehead atoms. The van der Waals surface area contributed by atoms with E-state index in [-0.39, 0.29) is 17.9 Å². The van der Waals surface area contributed by atoms with Gasteiger partial charge in [-0.25, -0.2) is 0 Å². The molecule has 9 nitrogen and oxygen atoms in total. The Balaban J connectivity index is 0.00000108. The van der Waals surface area contributed by atoms with E-state index in [1.165, 1.54) is 6.07 Å². The number of carbonyl (C=O) groups is 1. The van der Waals surface area contributed by atoms with E-state index in [0.717, 1.165) is 43.9 Å². The van der Waals surface area contributed by atoms with E-state index in [4.69, 9.17) is 9.84 Å². The molecule has 0 amide bonds. The largest absolute Gasteiger partial charge is 0.534 e. The molecule has 1 saturated heterocycles. The molecular weight excluding hydrogens is 563 g/mol. The zero-order valence-corrected chi connectivity index (χ0v) is 25.6. The Morgan fingerprint density at radius 2 is 1.66 bits per heavy atom. The third kappa shape index (κ3) is 10.4. The minimum absolute atomic E-state index is 0.00883. The average molecular weight is 604 g/mol. The number of nitrogens with zero attached hydrogens (tertiary/aromatic N) is 3. The number of ether oxygens (including phenoxy) is 1. The van der Waals surface area contributed by atoms with Gasteiger partial charge < -0.3 is 18.9 Å². The summed E-state index contributed by atoms with van der Waals surface area (Å²) in [4.78, 5) is 23.3. The number of hydrogen-bond donors (Lipinski definition) is 1. The second-order valence-electron chi connectivity index (χ2n) is 12.0. The third-order valence-electron chi connectivity index (χ3n) is 5.99. The molecule has 1 fully saturated rings. The zero-order chi connectivity index (χ0) is 31.4. The highest BCUT2D eigenvalue weighted by atomic mass is 32.2. The number of halogens is 3. The summed E-state index contributed by atoms with van der Waals surface area (Å²) in [5, 5.41) is 8.52. The maximum Gasteiger partial charge on any atom is 0.534 e. The van der Waals surface area contributed by atoms with Gasteiger partial charge in [-0.2, -0.15) is 21.6 Å². The molecule has 41 heavy (non-hydrogen) atoms. The molecule has 0 unspecified atom stereocenters. The molecule has 230 valence electrons. The molecule has 1 aliphatic heterocycles. The monoisotopic (exact) mass is 603 g/mol. The minimum Gasteiger partial charge on any atom is -0.463 e. The minimum atomic E-state index is -5.81. The van der Waals surface area contributed by atoms with Gasteiger partial charge in [-0.1, -0.05) is 13.8 Å². The lowest BCUT2D eigenvalue weighted by atomic mass is 9.82. The van der Waals surface area contributed by atoms with Gasteiger partial charge in [0.25, 0.3) is 0 Å². The van der Waals surface area contributed by atoms with Gasteiger partial charge in [0.2, 0.25) is 0 Å². The van der Waals surface area contributed by atoms with Crippen LogP contribution in [0, 0.1) is 12.3 Å². The van der Waals surface area contributed by atoms with Crippen molar-refractivity contribution in [2.75, 3.05) is 18.0 Å². The number of alkyl halides is 3. The topological polar surface area (TPSA) is 119 Å². The molecule has 3 heterocycles. The Kier molecular flexibility index (Phi) is 10.8. The molecule has 0 aliphatic carbocycles. The third-order valence-corrected chi connectivity index (χ3v) is 6.97. The molecule has 0 radical (unpaired) electrons. The van der Waals surface area contributed by atoms with Crippen molar-refractivity contribution in [2.45, 2.75) is 91.9 Å². The summed E-state index contributed by atoms with van der Waals surface area (Å²) < 4.78 is 70.1. The molecule has 0 saturated carbocycles. The predicted octanol–water partition coefficient (Wildman–Crippen LogP) is 5.58. The summed E-state index contributed by atoms with van der Waals surface area (Å²) in [7, 11) is -5.81. The summed E-state index contributed by atoms with van der Waals surface area (Å²) in [6.07, 6.45) is 4.05. The molecular formula is C28H40F3N3O6S. The van der Waals surface area contributed by atoms with E-state index in [1.54, 1.807) is 47.7 Å². The molecule has 2 aromatic heterocycles. The number of carbonyl (C=O) groups excluding carboxylic acids is 1. The van der Waals surface area contributed by atoms with Crippen LogP contribution in [0.4, 0.5) is 18.9 Å². The van der Waals surface area contributed by atoms with E-state index in [9.17, 15) is 26.4 Å². The van der Waals surface area contributed by atoms with Crippen molar-refractivity contribution in [1.82, 2.24) is 9.97 Å². The highest BCUT2D eigenvalue weighted by Crippen LogP contribution is 2.40. The summed E-state index contributed by atoms with van der Waals surface area (Å²) in [6, 6.07) is 2.46. The maximum atomic E-state index is 12.7. The fourth-order valence-corrected chi connectivity index (χ4v) is 4.39. The molecule has 13 heteroatoms. The SMILES string of the molecule is CC(C)(C)O.Cc1ncc(-c2ccc(OS(=O)(=O)C(F)(F)F)cn2)c(N2CCC(C)(C)CC2)c1CC(=O)OC(C)C. The first-order chi connectivity index (χ1) is 18.6. The van der Waals surface area contributed by atoms with E-state index in [1.807, 2.05) is 0 Å². The first-order valence-corrected chi connectivity index (χ1v) is 14.6. The highest BCUT2D eigenvalue weighted by Gasteiger charge is 2.48. The van der Waals surface area contributed by atoms with Crippen LogP contribution in [0.25, 0.3) is 11.3 Å². The van der Waals surface area contributed by atoms with Gasteiger partial charge in [0, 0.05) is 36.1 Å². The number of rotatable bonds is 7. The van der Waals surface area contributed by atoms with E-state index >= 15 is 0 Å². The zero-order valence-electron chi connectivity index (χ0n) is 24.8. The summed E-state index contributed by atoms with van der Waals surface area (Å²) in [5.74, 6) is -0.974. The van der Waals surface area contributed by atoms with Gasteiger partial charge in [-0.15, -0.1) is 0 Å². The van der Waals surface area contributed by atoms with Crippen LogP contribution in [0.5, 0.6) is 5.75 Å². The van der Waals surface area contributed by atoms with Gasteiger partial charge >= 0.3 is 21.6 Å². The Labute approximate surface area is 240 Å². The molecule has 3 rings (SSSR count). The maximum absolute atomic E-state index is 12.7. The van der Waals surface area contributed by atoms with Gasteiger partial charge in [0.1, 0.15) is 0 Å². The van der Waals surface area contributed by atoms with Crippen LogP contribution in [0.2, 0.25) is 0 Å². The number of piperidine rings is 1. The fraction of sp³-hybridized carbons (Fsp3) is 0.607. The van der Waals surface area contributed by atoms with Crippen molar-refractivity contribution in [3.8, 4) is 17.0 Å². The lowest BCUT2D eigenvalue weighted by molar-refractivity contribution is -0.146. The van der Waals surface area contributed by atoms with Gasteiger partial charge in [-0.3, -0.25) is 14.8 Å². The van der Waals surface area contributed by atoms with Gasteiger partial charge in [0.15, 0.2) is 5.75 Å². The number of esters is 1. The number of aromatic nitrogens is 2. The van der Waals surface area contributed by atoms with Crippen LogP contribution >= 0.6 is 0 Å². The summed E-state index contributed by atoms with van der Waals surface area (Å²) in [5.41, 5.74) is -2.90. The second-order valence-corrected chi connectivity index (χ2v) is 13.5. The van der Waals surface area contributed by atoms with Crippen LogP contribution in [-0.4, -0.2) is 59.8 Å². The molecule has 0 atom stereocenters. The Bertz CT molecular complexity index is 1290. The summed E-state index contributed by atoms with van der Waals surface area (Å²) >= 11 is 0. The number of aryl methyl sites for hydroxylation is 1. The van der Waals surface area contributed by atoms with Crippen LogP contribution in [0.15, 0.2) is 24.5 Å². The number of aliphatic hydroxyl groups is 1. The molecule has 0 aromatic carbocycles. The predicted molar refractivity (Wildman–Crippen MR) is 150 cm³/mol. The number of anilines is 1. The van der Waals surface area contributed by atoms with Crippen LogP contribution in [0.1, 0.15) is 72.6 Å². The van der Waals surface area contributed by atoms with E-state index in [0.29, 0.717) is 22.5 Å². The second kappa shape index (κ2) is 12.9. The van der Waals surface area contributed by atoms with Crippen LogP contribution in [0.3, 0.4) is 0 Å². The van der Waals surface area contributed by atoms with Crippen LogP contribution in [-0.2, 0) is 26.1 Å². The van der Waals surface area contributed by atoms with Crippen molar-refractivity contribution < 1.29 is 40.4 Å². The fourth-order valence-electron chi connectivity index (χ4n) is 3.94. The van der Waals surface area contributed by atoms with Crippen LogP contribution < -0.4 is 9.08 Å². The quantitative estimate of drug-likeness (QED) is 0.246. The van der Waals surface area contributed by atoms with Crippen molar-refractivity contribution in [2.24, 2.45) is 5.41 Å². The van der Waals surface area contributed by atoms with E-state index in [2.05, 4.69) is 32.9 Å². The van der Waals surface area contributed by atoms with Crippen molar-refractivity contribution in [1.29, 1.82) is 0 Å². The molecule has 1 N–H and O–H groups in total.